The van der Waals surface area contributed by atoms with E-state index in [1.807, 2.05) is 22.9 Å². The summed E-state index contributed by atoms with van der Waals surface area (Å²) in [6, 6.07) is 11.9. The summed E-state index contributed by atoms with van der Waals surface area (Å²) < 4.78 is 8.95. The van der Waals surface area contributed by atoms with Crippen LogP contribution in [0.4, 0.5) is 0 Å². The maximum Gasteiger partial charge on any atom is 0.286 e. The molecule has 6 heteroatoms. The third kappa shape index (κ3) is 2.74. The average molecular weight is 351 g/mol. The molecule has 0 unspecified atom stereocenters. The summed E-state index contributed by atoms with van der Waals surface area (Å²) in [7, 11) is 1.59. The molecule has 0 radical (unpaired) electrons. The van der Waals surface area contributed by atoms with Crippen LogP contribution in [0.25, 0.3) is 21.5 Å². The Hall–Kier alpha value is -2.86. The second kappa shape index (κ2) is 6.22. The minimum atomic E-state index is -0.225. The predicted octanol–water partition coefficient (Wildman–Crippen LogP) is 4.07. The molecule has 0 saturated heterocycles. The number of carbonyl (C=O) groups is 1. The van der Waals surface area contributed by atoms with Crippen LogP contribution in [0.2, 0.25) is 0 Å². The van der Waals surface area contributed by atoms with E-state index in [-0.39, 0.29) is 5.91 Å². The SMILES string of the molecule is CNC(=O)c1ccc(Cn2ccnc2-c2c(C)sc3ccccc23)o1. The number of amides is 1. The summed E-state index contributed by atoms with van der Waals surface area (Å²) in [5.41, 5.74) is 1.16. The van der Waals surface area contributed by atoms with Gasteiger partial charge in [-0.1, -0.05) is 18.2 Å². The maximum atomic E-state index is 11.7. The number of hydrogen-bond donors (Lipinski definition) is 1. The number of nitrogens with zero attached hydrogens (tertiary/aromatic N) is 2. The number of imidazole rings is 1. The van der Waals surface area contributed by atoms with Crippen LogP contribution in [-0.4, -0.2) is 22.5 Å². The van der Waals surface area contributed by atoms with Gasteiger partial charge in [0.25, 0.3) is 5.91 Å². The highest BCUT2D eigenvalue weighted by Crippen LogP contribution is 2.37. The summed E-state index contributed by atoms with van der Waals surface area (Å²) in [5.74, 6) is 1.72. The molecule has 4 aromatic rings. The lowest BCUT2D eigenvalue weighted by Crippen LogP contribution is -2.16. The summed E-state index contributed by atoms with van der Waals surface area (Å²) in [6.07, 6.45) is 3.73. The molecule has 3 heterocycles. The third-order valence-electron chi connectivity index (χ3n) is 4.15. The smallest absolute Gasteiger partial charge is 0.286 e. The van der Waals surface area contributed by atoms with E-state index in [0.717, 1.165) is 17.1 Å². The van der Waals surface area contributed by atoms with E-state index in [0.29, 0.717) is 12.3 Å². The molecule has 126 valence electrons. The number of furan rings is 1. The van der Waals surface area contributed by atoms with Crippen molar-refractivity contribution in [2.45, 2.75) is 13.5 Å². The number of thiophene rings is 1. The van der Waals surface area contributed by atoms with Gasteiger partial charge in [-0.2, -0.15) is 0 Å². The van der Waals surface area contributed by atoms with Gasteiger partial charge in [0.15, 0.2) is 5.76 Å². The van der Waals surface area contributed by atoms with E-state index < -0.39 is 0 Å². The molecule has 5 nitrogen and oxygen atoms in total. The highest BCUT2D eigenvalue weighted by Gasteiger charge is 2.17. The van der Waals surface area contributed by atoms with Crippen molar-refractivity contribution in [3.63, 3.8) is 0 Å². The first kappa shape index (κ1) is 15.7. The largest absolute Gasteiger partial charge is 0.454 e. The molecular formula is C19H17N3O2S. The Morgan fingerprint density at radius 3 is 2.96 bits per heavy atom. The van der Waals surface area contributed by atoms with Crippen molar-refractivity contribution >= 4 is 27.3 Å². The molecule has 4 rings (SSSR count). The van der Waals surface area contributed by atoms with Gasteiger partial charge in [-0.15, -0.1) is 11.3 Å². The minimum Gasteiger partial charge on any atom is -0.454 e. The second-order valence-electron chi connectivity index (χ2n) is 5.75. The first-order chi connectivity index (χ1) is 12.2. The van der Waals surface area contributed by atoms with Crippen molar-refractivity contribution in [1.29, 1.82) is 0 Å². The van der Waals surface area contributed by atoms with Crippen molar-refractivity contribution in [2.75, 3.05) is 7.05 Å². The molecule has 1 N–H and O–H groups in total. The van der Waals surface area contributed by atoms with Crippen molar-refractivity contribution in [3.05, 3.63) is 65.2 Å². The van der Waals surface area contributed by atoms with Crippen LogP contribution in [0.1, 0.15) is 21.2 Å². The number of carbonyl (C=O) groups excluding carboxylic acids is 1. The summed E-state index contributed by atoms with van der Waals surface area (Å²) >= 11 is 1.77. The van der Waals surface area contributed by atoms with Crippen LogP contribution in [-0.2, 0) is 6.54 Å². The van der Waals surface area contributed by atoms with Crippen LogP contribution >= 0.6 is 11.3 Å². The predicted molar refractivity (Wildman–Crippen MR) is 99.0 cm³/mol. The molecule has 0 atom stereocenters. The van der Waals surface area contributed by atoms with E-state index in [4.69, 9.17) is 4.42 Å². The number of aryl methyl sites for hydroxylation is 1. The molecule has 3 aromatic heterocycles. The lowest BCUT2D eigenvalue weighted by atomic mass is 10.1. The number of fused-ring (bicyclic) bond motifs is 1. The van der Waals surface area contributed by atoms with Crippen LogP contribution in [0.15, 0.2) is 53.2 Å². The average Bonchev–Trinajstić information content (AvgIpc) is 3.32. The van der Waals surface area contributed by atoms with Gasteiger partial charge in [-0.25, -0.2) is 4.98 Å². The van der Waals surface area contributed by atoms with Gasteiger partial charge >= 0.3 is 0 Å². The topological polar surface area (TPSA) is 60.1 Å². The fourth-order valence-corrected chi connectivity index (χ4v) is 4.05. The van der Waals surface area contributed by atoms with Crippen molar-refractivity contribution < 1.29 is 9.21 Å². The number of rotatable bonds is 4. The number of hydrogen-bond acceptors (Lipinski definition) is 4. The Bertz CT molecular complexity index is 1060. The van der Waals surface area contributed by atoms with Crippen LogP contribution < -0.4 is 5.32 Å². The summed E-state index contributed by atoms with van der Waals surface area (Å²) in [5, 5.41) is 3.78. The monoisotopic (exact) mass is 351 g/mol. The quantitative estimate of drug-likeness (QED) is 0.603. The molecule has 0 spiro atoms. The molecule has 0 aliphatic heterocycles. The molecule has 0 aliphatic carbocycles. The van der Waals surface area contributed by atoms with Gasteiger partial charge in [0, 0.05) is 40.0 Å². The molecule has 0 saturated carbocycles. The van der Waals surface area contributed by atoms with E-state index in [1.165, 1.54) is 15.0 Å². The summed E-state index contributed by atoms with van der Waals surface area (Å²) in [6.45, 7) is 2.64. The lowest BCUT2D eigenvalue weighted by Gasteiger charge is -2.07. The van der Waals surface area contributed by atoms with Gasteiger partial charge in [-0.3, -0.25) is 4.79 Å². The molecule has 25 heavy (non-hydrogen) atoms. The molecule has 1 aromatic carbocycles. The fourth-order valence-electron chi connectivity index (χ4n) is 2.99. The normalized spacial score (nSPS) is 11.1. The molecule has 0 aliphatic rings. The lowest BCUT2D eigenvalue weighted by molar-refractivity contribution is 0.0933. The zero-order valence-corrected chi connectivity index (χ0v) is 14.8. The standard InChI is InChI=1S/C19H17N3O2S/c1-12-17(14-5-3-4-6-16(14)25-12)18-21-9-10-22(18)11-13-7-8-15(24-13)19(23)20-2/h3-10H,11H2,1-2H3,(H,20,23). The van der Waals surface area contributed by atoms with Crippen LogP contribution in [0, 0.1) is 6.92 Å². The highest BCUT2D eigenvalue weighted by molar-refractivity contribution is 7.19. The van der Waals surface area contributed by atoms with E-state index in [9.17, 15) is 4.79 Å². The Labute approximate surface area is 148 Å². The second-order valence-corrected chi connectivity index (χ2v) is 7.01. The maximum absolute atomic E-state index is 11.7. The Morgan fingerprint density at radius 2 is 2.12 bits per heavy atom. The number of aromatic nitrogens is 2. The van der Waals surface area contributed by atoms with Crippen LogP contribution in [0.3, 0.4) is 0 Å². The summed E-state index contributed by atoms with van der Waals surface area (Å²) in [4.78, 5) is 17.5. The van der Waals surface area contributed by atoms with Gasteiger partial charge in [0.2, 0.25) is 0 Å². The first-order valence-electron chi connectivity index (χ1n) is 7.98. The molecule has 0 fully saturated rings. The molecule has 0 bridgehead atoms. The zero-order valence-electron chi connectivity index (χ0n) is 13.9. The Morgan fingerprint density at radius 1 is 1.28 bits per heavy atom. The van der Waals surface area contributed by atoms with Gasteiger partial charge < -0.3 is 14.3 Å². The zero-order chi connectivity index (χ0) is 17.4. The van der Waals surface area contributed by atoms with E-state index in [1.54, 1.807) is 30.6 Å². The molecule has 1 amide bonds. The molecular weight excluding hydrogens is 334 g/mol. The van der Waals surface area contributed by atoms with E-state index in [2.05, 4.69) is 35.4 Å². The Kier molecular flexibility index (Phi) is 3.89. The van der Waals surface area contributed by atoms with Gasteiger partial charge in [0.1, 0.15) is 11.6 Å². The minimum absolute atomic E-state index is 0.225. The van der Waals surface area contributed by atoms with Crippen molar-refractivity contribution in [2.24, 2.45) is 0 Å². The number of nitrogens with one attached hydrogen (secondary N) is 1. The van der Waals surface area contributed by atoms with Gasteiger partial charge in [0.05, 0.1) is 6.54 Å². The van der Waals surface area contributed by atoms with E-state index >= 15 is 0 Å². The first-order valence-corrected chi connectivity index (χ1v) is 8.79. The number of benzene rings is 1. The van der Waals surface area contributed by atoms with Crippen molar-refractivity contribution in [1.82, 2.24) is 14.9 Å². The highest BCUT2D eigenvalue weighted by atomic mass is 32.1. The van der Waals surface area contributed by atoms with Gasteiger partial charge in [-0.05, 0) is 25.1 Å². The Balaban J connectivity index is 1.72. The fraction of sp³-hybridized carbons (Fsp3) is 0.158. The third-order valence-corrected chi connectivity index (χ3v) is 5.24. The van der Waals surface area contributed by atoms with Crippen LogP contribution in [0.5, 0.6) is 0 Å². The van der Waals surface area contributed by atoms with Crippen molar-refractivity contribution in [3.8, 4) is 11.4 Å².